The second-order valence-corrected chi connectivity index (χ2v) is 6.05. The third-order valence-electron chi connectivity index (χ3n) is 3.41. The predicted molar refractivity (Wildman–Crippen MR) is 80.9 cm³/mol. The van der Waals surface area contributed by atoms with E-state index in [9.17, 15) is 9.59 Å². The molecule has 0 aromatic carbocycles. The minimum absolute atomic E-state index is 0.155. The highest BCUT2D eigenvalue weighted by Crippen LogP contribution is 2.32. The first-order valence-corrected chi connectivity index (χ1v) is 8.00. The lowest BCUT2D eigenvalue weighted by molar-refractivity contribution is 0.103. The highest BCUT2D eigenvalue weighted by molar-refractivity contribution is 7.18. The summed E-state index contributed by atoms with van der Waals surface area (Å²) in [4.78, 5) is 34.3. The fourth-order valence-electron chi connectivity index (χ4n) is 2.48. The molecule has 0 fully saturated rings. The van der Waals surface area contributed by atoms with Crippen LogP contribution in [0.25, 0.3) is 10.2 Å². The van der Waals surface area contributed by atoms with Gasteiger partial charge < -0.3 is 14.6 Å². The maximum absolute atomic E-state index is 12.2. The molecule has 0 saturated carbocycles. The number of rotatable bonds is 2. The van der Waals surface area contributed by atoms with Crippen LogP contribution in [0.1, 0.15) is 23.2 Å². The summed E-state index contributed by atoms with van der Waals surface area (Å²) in [5.74, 6) is 0.637. The van der Waals surface area contributed by atoms with E-state index in [0.29, 0.717) is 42.2 Å². The lowest BCUT2D eigenvalue weighted by Gasteiger charge is -2.25. The average molecular weight is 328 g/mol. The van der Waals surface area contributed by atoms with Crippen LogP contribution in [0.5, 0.6) is 0 Å². The first-order chi connectivity index (χ1) is 10.1. The Bertz CT molecular complexity index is 755. The number of fused-ring (bicyclic) bond motifs is 3. The topological polar surface area (TPSA) is 75.3 Å². The Morgan fingerprint density at radius 2 is 2.38 bits per heavy atom. The van der Waals surface area contributed by atoms with Crippen LogP contribution in [0.4, 0.5) is 4.79 Å². The van der Waals surface area contributed by atoms with Gasteiger partial charge in [-0.15, -0.1) is 22.9 Å². The van der Waals surface area contributed by atoms with Gasteiger partial charge in [-0.2, -0.15) is 0 Å². The molecule has 0 atom stereocenters. The van der Waals surface area contributed by atoms with Gasteiger partial charge in [0.2, 0.25) is 0 Å². The van der Waals surface area contributed by atoms with Gasteiger partial charge in [0, 0.05) is 11.4 Å². The number of nitrogens with one attached hydrogen (secondary N) is 1. The van der Waals surface area contributed by atoms with Crippen LogP contribution >= 0.6 is 22.9 Å². The molecule has 8 heteroatoms. The fraction of sp³-hybridized carbons (Fsp3) is 0.462. The lowest BCUT2D eigenvalue weighted by atomic mass is 10.1. The van der Waals surface area contributed by atoms with Crippen molar-refractivity contribution in [2.45, 2.75) is 25.8 Å². The van der Waals surface area contributed by atoms with E-state index in [4.69, 9.17) is 16.3 Å². The Labute approximate surface area is 129 Å². The number of hydrogen-bond acceptors (Lipinski definition) is 5. The second-order valence-electron chi connectivity index (χ2n) is 4.70. The number of amides is 1. The van der Waals surface area contributed by atoms with Crippen molar-refractivity contribution in [2.24, 2.45) is 0 Å². The number of alkyl halides is 1. The zero-order valence-corrected chi connectivity index (χ0v) is 13.0. The molecule has 6 nitrogen and oxygen atoms in total. The summed E-state index contributed by atoms with van der Waals surface area (Å²) in [6.45, 7) is 3.15. The van der Waals surface area contributed by atoms with Crippen molar-refractivity contribution in [3.63, 3.8) is 0 Å². The summed E-state index contributed by atoms with van der Waals surface area (Å²) in [5.41, 5.74) is 0.836. The van der Waals surface area contributed by atoms with E-state index in [1.54, 1.807) is 11.8 Å². The number of H-pyrrole nitrogens is 1. The Balaban J connectivity index is 2.00. The van der Waals surface area contributed by atoms with Crippen LogP contribution in [0.3, 0.4) is 0 Å². The number of carbonyl (C=O) groups excluding carboxylic acids is 1. The van der Waals surface area contributed by atoms with Crippen molar-refractivity contribution in [2.75, 3.05) is 13.2 Å². The second kappa shape index (κ2) is 5.65. The molecule has 2 aromatic heterocycles. The lowest BCUT2D eigenvalue weighted by Crippen LogP contribution is -2.35. The zero-order chi connectivity index (χ0) is 15.0. The number of nitrogens with zero attached hydrogens (tertiary/aromatic N) is 2. The molecule has 0 radical (unpaired) electrons. The molecule has 112 valence electrons. The smallest absolute Gasteiger partial charge is 0.410 e. The molecule has 3 heterocycles. The van der Waals surface area contributed by atoms with E-state index in [2.05, 4.69) is 9.97 Å². The van der Waals surface area contributed by atoms with Gasteiger partial charge in [0.1, 0.15) is 10.7 Å². The Kier molecular flexibility index (Phi) is 3.86. The van der Waals surface area contributed by atoms with Gasteiger partial charge in [0.05, 0.1) is 24.4 Å². The monoisotopic (exact) mass is 327 g/mol. The molecular formula is C13H14ClN3O3S. The van der Waals surface area contributed by atoms with Crippen LogP contribution in [-0.4, -0.2) is 34.1 Å². The third kappa shape index (κ3) is 2.51. The van der Waals surface area contributed by atoms with Crippen molar-refractivity contribution < 1.29 is 9.53 Å². The molecule has 1 N–H and O–H groups in total. The van der Waals surface area contributed by atoms with Crippen LogP contribution < -0.4 is 5.56 Å². The molecule has 1 amide bonds. The van der Waals surface area contributed by atoms with Crippen LogP contribution in [0.2, 0.25) is 0 Å². The summed E-state index contributed by atoms with van der Waals surface area (Å²) >= 11 is 7.17. The summed E-state index contributed by atoms with van der Waals surface area (Å²) in [7, 11) is 0. The molecule has 21 heavy (non-hydrogen) atoms. The van der Waals surface area contributed by atoms with Gasteiger partial charge >= 0.3 is 6.09 Å². The number of ether oxygens (including phenoxy) is 1. The standard InChI is InChI=1S/C13H14ClN3O3S/c1-2-20-13(19)17-4-3-7-8(6-17)21-12-10(7)11(18)15-9(5-14)16-12/h2-6H2,1H3,(H,15,16,18). The molecule has 2 aromatic rings. The molecule has 0 bridgehead atoms. The van der Waals surface area contributed by atoms with Crippen molar-refractivity contribution in [3.8, 4) is 0 Å². The predicted octanol–water partition coefficient (Wildman–Crippen LogP) is 2.24. The van der Waals surface area contributed by atoms with Gasteiger partial charge in [-0.05, 0) is 18.9 Å². The highest BCUT2D eigenvalue weighted by atomic mass is 35.5. The van der Waals surface area contributed by atoms with Gasteiger partial charge in [-0.1, -0.05) is 0 Å². The fourth-order valence-corrected chi connectivity index (χ4v) is 3.86. The summed E-state index contributed by atoms with van der Waals surface area (Å²) in [6.07, 6.45) is 0.322. The van der Waals surface area contributed by atoms with Gasteiger partial charge in [-0.25, -0.2) is 9.78 Å². The van der Waals surface area contributed by atoms with E-state index in [0.717, 1.165) is 10.4 Å². The first kappa shape index (κ1) is 14.3. The van der Waals surface area contributed by atoms with Crippen molar-refractivity contribution in [1.29, 1.82) is 0 Å². The quantitative estimate of drug-likeness (QED) is 0.858. The molecule has 0 unspecified atom stereocenters. The van der Waals surface area contributed by atoms with E-state index < -0.39 is 0 Å². The summed E-state index contributed by atoms with van der Waals surface area (Å²) in [5, 5.41) is 0.632. The Hall–Kier alpha value is -1.60. The Morgan fingerprint density at radius 1 is 1.57 bits per heavy atom. The van der Waals surface area contributed by atoms with Crippen molar-refractivity contribution in [3.05, 3.63) is 26.6 Å². The van der Waals surface area contributed by atoms with E-state index in [1.807, 2.05) is 0 Å². The number of aromatic nitrogens is 2. The average Bonchev–Trinajstić information content (AvgIpc) is 2.84. The summed E-state index contributed by atoms with van der Waals surface area (Å²) < 4.78 is 5.02. The molecule has 1 aliphatic rings. The number of hydrogen-bond donors (Lipinski definition) is 1. The zero-order valence-electron chi connectivity index (χ0n) is 11.4. The highest BCUT2D eigenvalue weighted by Gasteiger charge is 2.26. The maximum atomic E-state index is 12.2. The third-order valence-corrected chi connectivity index (χ3v) is 4.78. The van der Waals surface area contributed by atoms with Crippen molar-refractivity contribution >= 4 is 39.2 Å². The Morgan fingerprint density at radius 3 is 3.10 bits per heavy atom. The SMILES string of the molecule is CCOC(=O)N1CCc2c(sc3nc(CCl)[nH]c(=O)c23)C1. The molecule has 0 saturated heterocycles. The van der Waals surface area contributed by atoms with Crippen LogP contribution in [0.15, 0.2) is 4.79 Å². The minimum Gasteiger partial charge on any atom is -0.450 e. The molecule has 0 aliphatic carbocycles. The van der Waals surface area contributed by atoms with E-state index >= 15 is 0 Å². The van der Waals surface area contributed by atoms with Crippen LogP contribution in [0, 0.1) is 0 Å². The maximum Gasteiger partial charge on any atom is 0.410 e. The molecule has 3 rings (SSSR count). The molecule has 0 spiro atoms. The number of carbonyl (C=O) groups is 1. The number of aromatic amines is 1. The largest absolute Gasteiger partial charge is 0.450 e. The van der Waals surface area contributed by atoms with Gasteiger partial charge in [0.15, 0.2) is 0 Å². The first-order valence-electron chi connectivity index (χ1n) is 6.65. The van der Waals surface area contributed by atoms with Gasteiger partial charge in [0.25, 0.3) is 5.56 Å². The number of thiophene rings is 1. The van der Waals surface area contributed by atoms with Crippen LogP contribution in [-0.2, 0) is 23.6 Å². The van der Waals surface area contributed by atoms with E-state index in [1.165, 1.54) is 11.3 Å². The number of halogens is 1. The minimum atomic E-state index is -0.316. The van der Waals surface area contributed by atoms with E-state index in [-0.39, 0.29) is 17.5 Å². The molecule has 1 aliphatic heterocycles. The molecular weight excluding hydrogens is 314 g/mol. The van der Waals surface area contributed by atoms with Crippen molar-refractivity contribution in [1.82, 2.24) is 14.9 Å². The normalized spacial score (nSPS) is 14.3. The summed E-state index contributed by atoms with van der Waals surface area (Å²) in [6, 6.07) is 0. The van der Waals surface area contributed by atoms with Gasteiger partial charge in [-0.3, -0.25) is 4.79 Å².